The molecule has 0 aromatic heterocycles. The molecule has 5 aliphatic heterocycles. The van der Waals surface area contributed by atoms with E-state index < -0.39 is 46.8 Å². The van der Waals surface area contributed by atoms with Crippen molar-refractivity contribution in [2.24, 2.45) is 47.3 Å². The average molecular weight is 802 g/mol. The van der Waals surface area contributed by atoms with Crippen molar-refractivity contribution in [3.8, 4) is 12.3 Å². The molecule has 12 nitrogen and oxygen atoms in total. The Bertz CT molecular complexity index is 1470. The van der Waals surface area contributed by atoms with Gasteiger partial charge in [-0.1, -0.05) is 67.4 Å². The van der Waals surface area contributed by atoms with Gasteiger partial charge in [-0.3, -0.25) is 20.3 Å². The molecule has 0 radical (unpaired) electrons. The maximum Gasteiger partial charge on any atom is 0.239 e. The monoisotopic (exact) mass is 802 g/mol. The van der Waals surface area contributed by atoms with E-state index in [1.165, 1.54) is 0 Å². The van der Waals surface area contributed by atoms with Crippen LogP contribution < -0.4 is 16.6 Å². The van der Waals surface area contributed by atoms with E-state index in [2.05, 4.69) is 50.4 Å². The number of terminal acetylenes is 1. The van der Waals surface area contributed by atoms with Gasteiger partial charge in [-0.15, -0.1) is 6.42 Å². The van der Waals surface area contributed by atoms with Gasteiger partial charge in [0, 0.05) is 30.1 Å². The molecule has 0 bridgehead atoms. The van der Waals surface area contributed by atoms with E-state index in [4.69, 9.17) is 36.0 Å². The van der Waals surface area contributed by atoms with E-state index in [-0.39, 0.29) is 71.7 Å². The van der Waals surface area contributed by atoms with Gasteiger partial charge in [0.2, 0.25) is 5.91 Å². The predicted molar refractivity (Wildman–Crippen MR) is 218 cm³/mol. The molecule has 57 heavy (non-hydrogen) atoms. The summed E-state index contributed by atoms with van der Waals surface area (Å²) in [6, 6.07) is -0.357. The van der Waals surface area contributed by atoms with E-state index in [1.807, 2.05) is 47.6 Å². The molecule has 5 rings (SSSR count). The molecule has 4 saturated heterocycles. The molecule has 0 aromatic rings. The lowest BCUT2D eigenvalue weighted by Gasteiger charge is -2.55. The van der Waals surface area contributed by atoms with Crippen LogP contribution in [0, 0.1) is 53.8 Å². The molecule has 5 heterocycles. The van der Waals surface area contributed by atoms with Crippen LogP contribution in [0.15, 0.2) is 12.2 Å². The average Bonchev–Trinajstić information content (AvgIpc) is 3.54. The summed E-state index contributed by atoms with van der Waals surface area (Å²) in [7, 11) is 0. The number of aliphatic hydroxyl groups excluding tert-OH is 1. The van der Waals surface area contributed by atoms with Gasteiger partial charge in [0.1, 0.15) is 5.78 Å². The van der Waals surface area contributed by atoms with Crippen molar-refractivity contribution in [3.05, 3.63) is 12.2 Å². The van der Waals surface area contributed by atoms with Gasteiger partial charge in [-0.25, -0.2) is 5.84 Å². The smallest absolute Gasteiger partial charge is 0.239 e. The molecule has 324 valence electrons. The van der Waals surface area contributed by atoms with E-state index in [9.17, 15) is 19.8 Å². The highest BCUT2D eigenvalue weighted by Gasteiger charge is 2.63. The summed E-state index contributed by atoms with van der Waals surface area (Å²) >= 11 is 0. The minimum absolute atomic E-state index is 0.0397. The first kappa shape index (κ1) is 46.2. The molecule has 0 aromatic carbocycles. The minimum Gasteiger partial charge on any atom is -0.392 e. The lowest BCUT2D eigenvalue weighted by molar-refractivity contribution is -0.398. The van der Waals surface area contributed by atoms with E-state index >= 15 is 0 Å². The summed E-state index contributed by atoms with van der Waals surface area (Å²) in [6.07, 6.45) is 13.7. The van der Waals surface area contributed by atoms with Crippen LogP contribution in [0.3, 0.4) is 0 Å². The minimum atomic E-state index is -1.17. The van der Waals surface area contributed by atoms with Crippen LogP contribution >= 0.6 is 0 Å². The highest BCUT2D eigenvalue weighted by atomic mass is 16.8. The molecular weight excluding hydrogens is 727 g/mol. The van der Waals surface area contributed by atoms with E-state index in [0.717, 1.165) is 19.3 Å². The molecule has 4 fully saturated rings. The summed E-state index contributed by atoms with van der Waals surface area (Å²) in [5.74, 6) is 3.80. The number of ether oxygens (including phenoxy) is 5. The second kappa shape index (κ2) is 18.4. The van der Waals surface area contributed by atoms with Crippen LogP contribution in [0.4, 0.5) is 0 Å². The van der Waals surface area contributed by atoms with Crippen molar-refractivity contribution >= 4 is 11.7 Å². The number of Topliss-reactive ketones (excluding diaryl/α,β-unsaturated/α-hetero) is 1. The molecule has 6 N–H and O–H groups in total. The Morgan fingerprint density at radius 1 is 0.965 bits per heavy atom. The van der Waals surface area contributed by atoms with E-state index in [1.54, 1.807) is 0 Å². The number of carbonyl (C=O) groups excluding carboxylic acids is 2. The standard InChI is InChI=1S/C45H75N3O9/c1-12-24-47-35-18-21-44(57-45(35)23-22-42(11,56-45)36-19-20-43(52,15-4)31(10)53-36)28(7)25-27(6)40(55-44)33(14-3)38(50)29(8)37(49)30(9)39-26(5)16-17-34(54-39)32(13-2)41(51)48-46/h1,18,21,26-37,39-40,47,49,52H,13-17,19-20,22-25,46H2,2-11H3,(H,48,51)/t26-,27-,28+,29-,30-,31-,32+,33-,34+,35+,36+,37+,39+,40-,42-,43+,44?,45-/m0/s1. The van der Waals surface area contributed by atoms with Gasteiger partial charge in [-0.05, 0) is 89.5 Å². The molecule has 5 aliphatic rings. The Kier molecular flexibility index (Phi) is 14.9. The van der Waals surface area contributed by atoms with E-state index in [0.29, 0.717) is 51.5 Å². The molecule has 0 aliphatic carbocycles. The van der Waals surface area contributed by atoms with Crippen LogP contribution in [0.25, 0.3) is 0 Å². The number of hydrogen-bond acceptors (Lipinski definition) is 11. The van der Waals surface area contributed by atoms with Crippen LogP contribution in [-0.2, 0) is 33.3 Å². The topological polar surface area (TPSA) is 171 Å². The number of hydrogen-bond donors (Lipinski definition) is 5. The zero-order valence-electron chi connectivity index (χ0n) is 36.4. The number of rotatable bonds is 14. The number of amides is 1. The Labute approximate surface area is 342 Å². The van der Waals surface area contributed by atoms with Crippen molar-refractivity contribution in [2.45, 2.75) is 199 Å². The number of carbonyl (C=O) groups is 2. The lowest BCUT2D eigenvalue weighted by atomic mass is 9.72. The number of ketones is 1. The Morgan fingerprint density at radius 3 is 2.28 bits per heavy atom. The summed E-state index contributed by atoms with van der Waals surface area (Å²) in [5.41, 5.74) is 0.732. The SMILES string of the molecule is C#CCN[C@@H]1C=CC2(O[C@H]([C@@H](CC)C(=O)[C@@H](C)[C@@H](O)[C@H](C)[C@@H]3O[C@@H]([C@@H](CC)C(=O)NN)CC[C@@H]3C)[C@@H](C)C[C@H]2C)O[C@@]12CC[C@@](C)([C@H]1CC[C@](O)(CC)[C@H](C)O1)O2. The third kappa shape index (κ3) is 8.94. The van der Waals surface area contributed by atoms with Crippen molar-refractivity contribution in [2.75, 3.05) is 6.54 Å². The largest absolute Gasteiger partial charge is 0.392 e. The molecule has 1 unspecified atom stereocenters. The molecule has 18 atom stereocenters. The predicted octanol–water partition coefficient (Wildman–Crippen LogP) is 5.32. The van der Waals surface area contributed by atoms with Crippen LogP contribution in [0.2, 0.25) is 0 Å². The van der Waals surface area contributed by atoms with Gasteiger partial charge in [0.25, 0.3) is 0 Å². The summed E-state index contributed by atoms with van der Waals surface area (Å²) in [6.45, 7) is 20.4. The number of aliphatic hydroxyl groups is 2. The molecule has 1 amide bonds. The van der Waals surface area contributed by atoms with Crippen LogP contribution in [-0.4, -0.2) is 93.9 Å². The van der Waals surface area contributed by atoms with Gasteiger partial charge in [0.15, 0.2) is 11.6 Å². The fourth-order valence-corrected chi connectivity index (χ4v) is 11.0. The van der Waals surface area contributed by atoms with Crippen molar-refractivity contribution in [3.63, 3.8) is 0 Å². The highest BCUT2D eigenvalue weighted by Crippen LogP contribution is 2.54. The fraction of sp³-hybridized carbons (Fsp3) is 0.867. The normalized spacial score (nSPS) is 43.5. The molecule has 0 saturated carbocycles. The summed E-state index contributed by atoms with van der Waals surface area (Å²) in [5, 5.41) is 26.5. The molecule has 12 heteroatoms. The van der Waals surface area contributed by atoms with Crippen LogP contribution in [0.5, 0.6) is 0 Å². The third-order valence-corrected chi connectivity index (χ3v) is 15.1. The van der Waals surface area contributed by atoms with Crippen LogP contribution in [0.1, 0.15) is 133 Å². The van der Waals surface area contributed by atoms with Gasteiger partial charge in [-0.2, -0.15) is 0 Å². The summed E-state index contributed by atoms with van der Waals surface area (Å²) < 4.78 is 34.6. The molecule has 2 spiro atoms. The highest BCUT2D eigenvalue weighted by molar-refractivity contribution is 5.84. The maximum atomic E-state index is 14.6. The third-order valence-electron chi connectivity index (χ3n) is 15.1. The quantitative estimate of drug-likeness (QED) is 0.0507. The number of hydrazine groups is 1. The zero-order chi connectivity index (χ0) is 42.1. The Morgan fingerprint density at radius 2 is 1.67 bits per heavy atom. The first-order valence-electron chi connectivity index (χ1n) is 22.1. The number of nitrogens with two attached hydrogens (primary N) is 1. The fourth-order valence-electron chi connectivity index (χ4n) is 11.0. The Hall–Kier alpha value is -1.92. The first-order chi connectivity index (χ1) is 26.9. The van der Waals surface area contributed by atoms with Crippen molar-refractivity contribution in [1.29, 1.82) is 0 Å². The van der Waals surface area contributed by atoms with Crippen molar-refractivity contribution in [1.82, 2.24) is 10.7 Å². The summed E-state index contributed by atoms with van der Waals surface area (Å²) in [4.78, 5) is 27.2. The molecular formula is C45H75N3O9. The van der Waals surface area contributed by atoms with Gasteiger partial charge < -0.3 is 33.9 Å². The van der Waals surface area contributed by atoms with Crippen molar-refractivity contribution < 1.29 is 43.5 Å². The maximum absolute atomic E-state index is 14.6. The van der Waals surface area contributed by atoms with Gasteiger partial charge >= 0.3 is 0 Å². The zero-order valence-corrected chi connectivity index (χ0v) is 36.4. The Balaban J connectivity index is 1.35. The van der Waals surface area contributed by atoms with Gasteiger partial charge in [0.05, 0.1) is 66.3 Å². The lowest BCUT2D eigenvalue weighted by Crippen LogP contribution is -2.65. The number of nitrogens with one attached hydrogen (secondary N) is 2. The second-order valence-corrected chi connectivity index (χ2v) is 18.7. The second-order valence-electron chi connectivity index (χ2n) is 18.7. The first-order valence-corrected chi connectivity index (χ1v) is 22.1.